The molecule has 2 N–H and O–H groups in total. The topological polar surface area (TPSA) is 89.7 Å². The highest BCUT2D eigenvalue weighted by atomic mass is 16.5. The summed E-state index contributed by atoms with van der Waals surface area (Å²) >= 11 is 0. The minimum atomic E-state index is -0.289. The number of benzene rings is 1. The van der Waals surface area contributed by atoms with Crippen molar-refractivity contribution >= 4 is 17.6 Å². The van der Waals surface area contributed by atoms with E-state index in [0.717, 1.165) is 5.56 Å². The Balaban J connectivity index is 1.75. The lowest BCUT2D eigenvalue weighted by molar-refractivity contribution is -0.136. The van der Waals surface area contributed by atoms with Gasteiger partial charge in [-0.1, -0.05) is 12.1 Å². The Morgan fingerprint density at radius 3 is 2.33 bits per heavy atom. The number of primary amides is 1. The average Bonchev–Trinajstić information content (AvgIpc) is 2.58. The van der Waals surface area contributed by atoms with Crippen molar-refractivity contribution in [1.82, 2.24) is 4.90 Å². The van der Waals surface area contributed by atoms with Crippen molar-refractivity contribution in [3.8, 4) is 5.75 Å². The summed E-state index contributed by atoms with van der Waals surface area (Å²) in [5, 5.41) is 0. The van der Waals surface area contributed by atoms with Crippen LogP contribution in [-0.2, 0) is 20.8 Å². The van der Waals surface area contributed by atoms with Crippen LogP contribution in [0.2, 0.25) is 0 Å². The van der Waals surface area contributed by atoms with Crippen LogP contribution in [-0.4, -0.2) is 42.2 Å². The molecule has 1 saturated heterocycles. The highest BCUT2D eigenvalue weighted by molar-refractivity contribution is 5.79. The highest BCUT2D eigenvalue weighted by Crippen LogP contribution is 2.17. The first kappa shape index (κ1) is 18.0. The normalized spacial score (nSPS) is 15.1. The molecule has 0 atom stereocenters. The van der Waals surface area contributed by atoms with E-state index in [2.05, 4.69) is 0 Å². The first-order chi connectivity index (χ1) is 11.5. The van der Waals surface area contributed by atoms with E-state index in [4.69, 9.17) is 10.5 Å². The molecule has 0 radical (unpaired) electrons. The fourth-order valence-electron chi connectivity index (χ4n) is 2.72. The molecule has 0 saturated carbocycles. The number of ether oxygens (including phenoxy) is 1. The Labute approximate surface area is 142 Å². The number of likely N-dealkylation sites (tertiary alicyclic amines) is 1. The lowest BCUT2D eigenvalue weighted by Crippen LogP contribution is -2.43. The number of piperidine rings is 1. The van der Waals surface area contributed by atoms with E-state index in [-0.39, 0.29) is 30.1 Å². The number of nitrogens with two attached hydrogens (primary N) is 1. The maximum atomic E-state index is 12.1. The van der Waals surface area contributed by atoms with Gasteiger partial charge >= 0.3 is 0 Å². The first-order valence-corrected chi connectivity index (χ1v) is 8.24. The summed E-state index contributed by atoms with van der Waals surface area (Å²) in [6.07, 6.45) is 2.47. The molecule has 1 aliphatic rings. The fourth-order valence-corrected chi connectivity index (χ4v) is 2.72. The third kappa shape index (κ3) is 5.37. The smallest absolute Gasteiger partial charge is 0.260 e. The number of Topliss-reactive ketones (excluding diaryl/α,β-unsaturated/α-hetero) is 1. The van der Waals surface area contributed by atoms with Crippen molar-refractivity contribution in [2.75, 3.05) is 19.7 Å². The molecule has 0 unspecified atom stereocenters. The third-order valence-electron chi connectivity index (χ3n) is 4.30. The van der Waals surface area contributed by atoms with E-state index in [1.807, 2.05) is 24.3 Å². The van der Waals surface area contributed by atoms with Gasteiger partial charge in [0.05, 0.1) is 0 Å². The molecule has 1 aromatic carbocycles. The summed E-state index contributed by atoms with van der Waals surface area (Å²) in [7, 11) is 0. The number of aryl methyl sites for hydroxylation is 1. The standard InChI is InChI=1S/C18H24N2O4/c1-13(21)2-3-14-4-6-16(7-5-14)24-12-17(22)20-10-8-15(9-11-20)18(19)23/h4-7,15H,2-3,8-12H2,1H3,(H2,19,23). The number of carbonyl (C=O) groups excluding carboxylic acids is 3. The van der Waals surface area contributed by atoms with Gasteiger partial charge in [-0.25, -0.2) is 0 Å². The Kier molecular flexibility index (Phi) is 6.35. The number of rotatable bonds is 7. The van der Waals surface area contributed by atoms with Gasteiger partial charge in [0.25, 0.3) is 5.91 Å². The van der Waals surface area contributed by atoms with Gasteiger partial charge in [0, 0.05) is 25.4 Å². The maximum Gasteiger partial charge on any atom is 0.260 e. The van der Waals surface area contributed by atoms with Gasteiger partial charge in [-0.3, -0.25) is 9.59 Å². The minimum absolute atomic E-state index is 0.0198. The molecule has 24 heavy (non-hydrogen) atoms. The van der Waals surface area contributed by atoms with Crippen LogP contribution in [0.4, 0.5) is 0 Å². The molecule has 0 spiro atoms. The molecular formula is C18H24N2O4. The molecule has 1 heterocycles. The van der Waals surface area contributed by atoms with E-state index in [1.54, 1.807) is 11.8 Å². The van der Waals surface area contributed by atoms with Crippen LogP contribution in [0, 0.1) is 5.92 Å². The van der Waals surface area contributed by atoms with E-state index in [1.165, 1.54) is 0 Å². The molecule has 2 amide bonds. The molecule has 130 valence electrons. The van der Waals surface area contributed by atoms with Gasteiger partial charge in [0.15, 0.2) is 6.61 Å². The quantitative estimate of drug-likeness (QED) is 0.815. The third-order valence-corrected chi connectivity index (χ3v) is 4.30. The van der Waals surface area contributed by atoms with Gasteiger partial charge in [0.1, 0.15) is 11.5 Å². The SMILES string of the molecule is CC(=O)CCc1ccc(OCC(=O)N2CCC(C(N)=O)CC2)cc1. The summed E-state index contributed by atoms with van der Waals surface area (Å²) in [4.78, 5) is 36.0. The summed E-state index contributed by atoms with van der Waals surface area (Å²) in [5.74, 6) is 0.294. The Hall–Kier alpha value is -2.37. The second-order valence-electron chi connectivity index (χ2n) is 6.19. The lowest BCUT2D eigenvalue weighted by atomic mass is 9.96. The molecule has 1 aromatic rings. The molecule has 6 heteroatoms. The van der Waals surface area contributed by atoms with Crippen LogP contribution in [0.1, 0.15) is 31.7 Å². The highest BCUT2D eigenvalue weighted by Gasteiger charge is 2.25. The Bertz CT molecular complexity index is 590. The van der Waals surface area contributed by atoms with E-state index < -0.39 is 0 Å². The largest absolute Gasteiger partial charge is 0.484 e. The summed E-state index contributed by atoms with van der Waals surface area (Å²) < 4.78 is 5.53. The van der Waals surface area contributed by atoms with E-state index >= 15 is 0 Å². The van der Waals surface area contributed by atoms with Crippen LogP contribution < -0.4 is 10.5 Å². The molecule has 0 bridgehead atoms. The predicted molar refractivity (Wildman–Crippen MR) is 89.4 cm³/mol. The van der Waals surface area contributed by atoms with Crippen molar-refractivity contribution in [1.29, 1.82) is 0 Å². The first-order valence-electron chi connectivity index (χ1n) is 8.24. The molecule has 2 rings (SSSR count). The molecule has 0 aromatic heterocycles. The number of hydrogen-bond acceptors (Lipinski definition) is 4. The summed E-state index contributed by atoms with van der Waals surface area (Å²) in [6, 6.07) is 7.42. The van der Waals surface area contributed by atoms with E-state index in [0.29, 0.717) is 44.5 Å². The number of nitrogens with zero attached hydrogens (tertiary/aromatic N) is 1. The lowest BCUT2D eigenvalue weighted by Gasteiger charge is -2.30. The van der Waals surface area contributed by atoms with Gasteiger partial charge in [-0.05, 0) is 43.9 Å². The van der Waals surface area contributed by atoms with Gasteiger partial charge in [0.2, 0.25) is 5.91 Å². The van der Waals surface area contributed by atoms with Crippen LogP contribution in [0.3, 0.4) is 0 Å². The van der Waals surface area contributed by atoms with Crippen LogP contribution in [0.15, 0.2) is 24.3 Å². The van der Waals surface area contributed by atoms with E-state index in [9.17, 15) is 14.4 Å². The molecular weight excluding hydrogens is 308 g/mol. The molecule has 1 fully saturated rings. The molecule has 6 nitrogen and oxygen atoms in total. The fraction of sp³-hybridized carbons (Fsp3) is 0.500. The van der Waals surface area contributed by atoms with Crippen molar-refractivity contribution in [2.24, 2.45) is 11.7 Å². The number of carbonyl (C=O) groups is 3. The zero-order valence-electron chi connectivity index (χ0n) is 14.0. The van der Waals surface area contributed by atoms with Crippen LogP contribution in [0.5, 0.6) is 5.75 Å². The second kappa shape index (κ2) is 8.47. The number of ketones is 1. The zero-order chi connectivity index (χ0) is 17.5. The molecule has 1 aliphatic heterocycles. The number of amides is 2. The van der Waals surface area contributed by atoms with Crippen LogP contribution >= 0.6 is 0 Å². The van der Waals surface area contributed by atoms with Gasteiger partial charge in [-0.15, -0.1) is 0 Å². The monoisotopic (exact) mass is 332 g/mol. The van der Waals surface area contributed by atoms with Crippen molar-refractivity contribution < 1.29 is 19.1 Å². The average molecular weight is 332 g/mol. The van der Waals surface area contributed by atoms with Crippen LogP contribution in [0.25, 0.3) is 0 Å². The van der Waals surface area contributed by atoms with Gasteiger partial charge < -0.3 is 20.2 Å². The van der Waals surface area contributed by atoms with Crippen molar-refractivity contribution in [3.05, 3.63) is 29.8 Å². The van der Waals surface area contributed by atoms with Gasteiger partial charge in [-0.2, -0.15) is 0 Å². The summed E-state index contributed by atoms with van der Waals surface area (Å²) in [6.45, 7) is 2.64. The second-order valence-corrected chi connectivity index (χ2v) is 6.19. The zero-order valence-corrected chi connectivity index (χ0v) is 14.0. The summed E-state index contributed by atoms with van der Waals surface area (Å²) in [5.41, 5.74) is 6.35. The van der Waals surface area contributed by atoms with Crippen molar-refractivity contribution in [3.63, 3.8) is 0 Å². The maximum absolute atomic E-state index is 12.1. The molecule has 0 aliphatic carbocycles. The number of hydrogen-bond donors (Lipinski definition) is 1. The Morgan fingerprint density at radius 2 is 1.79 bits per heavy atom. The van der Waals surface area contributed by atoms with Crippen molar-refractivity contribution in [2.45, 2.75) is 32.6 Å². The predicted octanol–water partition coefficient (Wildman–Crippen LogP) is 1.31. The Morgan fingerprint density at radius 1 is 1.17 bits per heavy atom. The minimum Gasteiger partial charge on any atom is -0.484 e.